The maximum absolute atomic E-state index is 3.53. The minimum Gasteiger partial charge on any atom is -0.316 e. The lowest BCUT2D eigenvalue weighted by Gasteiger charge is -2.26. The van der Waals surface area contributed by atoms with Crippen molar-refractivity contribution in [3.8, 4) is 0 Å². The Balaban J connectivity index is 1.98. The molecule has 0 heterocycles. The molecule has 1 saturated carbocycles. The Kier molecular flexibility index (Phi) is 4.61. The summed E-state index contributed by atoms with van der Waals surface area (Å²) in [6.07, 6.45) is 6.90. The van der Waals surface area contributed by atoms with Crippen LogP contribution in [0.15, 0.2) is 30.3 Å². The highest BCUT2D eigenvalue weighted by molar-refractivity contribution is 5.21. The zero-order chi connectivity index (χ0) is 12.1. The summed E-state index contributed by atoms with van der Waals surface area (Å²) in [5, 5.41) is 3.53. The third kappa shape index (κ3) is 3.57. The summed E-state index contributed by atoms with van der Waals surface area (Å²) in [5.41, 5.74) is 1.49. The first kappa shape index (κ1) is 12.6. The predicted molar refractivity (Wildman–Crippen MR) is 74.3 cm³/mol. The largest absolute Gasteiger partial charge is 0.316 e. The molecule has 94 valence electrons. The number of hydrogen-bond acceptors (Lipinski definition) is 1. The zero-order valence-electron chi connectivity index (χ0n) is 11.2. The molecule has 2 unspecified atom stereocenters. The molecule has 0 spiro atoms. The molecule has 0 saturated heterocycles. The summed E-state index contributed by atoms with van der Waals surface area (Å²) in [7, 11) is 2.11. The summed E-state index contributed by atoms with van der Waals surface area (Å²) < 4.78 is 0. The van der Waals surface area contributed by atoms with Gasteiger partial charge in [0.15, 0.2) is 0 Å². The number of likely N-dealkylation sites (N-methyl/N-ethyl adjacent to an activating group) is 1. The molecule has 2 atom stereocenters. The second kappa shape index (κ2) is 6.20. The number of hydrogen-bond donors (Lipinski definition) is 1. The first-order valence-electron chi connectivity index (χ1n) is 7.07. The molecule has 1 aliphatic carbocycles. The van der Waals surface area contributed by atoms with Crippen LogP contribution >= 0.6 is 0 Å². The highest BCUT2D eigenvalue weighted by Gasteiger charge is 2.25. The Morgan fingerprint density at radius 2 is 1.94 bits per heavy atom. The van der Waals surface area contributed by atoms with Gasteiger partial charge in [-0.3, -0.25) is 0 Å². The Morgan fingerprint density at radius 3 is 2.47 bits per heavy atom. The van der Waals surface area contributed by atoms with E-state index in [1.165, 1.54) is 37.7 Å². The van der Waals surface area contributed by atoms with Crippen LogP contribution < -0.4 is 5.32 Å². The van der Waals surface area contributed by atoms with E-state index in [1.807, 2.05) is 0 Å². The lowest BCUT2D eigenvalue weighted by molar-refractivity contribution is 0.407. The van der Waals surface area contributed by atoms with Gasteiger partial charge in [-0.15, -0.1) is 0 Å². The SMILES string of the molecule is CCC(c1ccccc1)C(CCC1CC1)NC. The number of benzene rings is 1. The highest BCUT2D eigenvalue weighted by atomic mass is 14.9. The maximum Gasteiger partial charge on any atom is 0.0133 e. The summed E-state index contributed by atoms with van der Waals surface area (Å²) in [5.74, 6) is 1.71. The van der Waals surface area contributed by atoms with Crippen LogP contribution in [0.25, 0.3) is 0 Å². The number of nitrogens with one attached hydrogen (secondary N) is 1. The molecule has 1 aromatic rings. The first-order chi connectivity index (χ1) is 8.35. The normalized spacial score (nSPS) is 18.9. The molecule has 0 amide bonds. The third-order valence-electron chi connectivity index (χ3n) is 4.11. The van der Waals surface area contributed by atoms with Crippen LogP contribution in [-0.2, 0) is 0 Å². The minimum atomic E-state index is 0.642. The van der Waals surface area contributed by atoms with Gasteiger partial charge in [-0.05, 0) is 43.7 Å². The molecule has 1 aromatic carbocycles. The third-order valence-corrected chi connectivity index (χ3v) is 4.11. The van der Waals surface area contributed by atoms with Crippen molar-refractivity contribution in [2.75, 3.05) is 7.05 Å². The van der Waals surface area contributed by atoms with E-state index in [2.05, 4.69) is 49.6 Å². The molecular formula is C16H25N. The molecule has 1 nitrogen and oxygen atoms in total. The molecule has 1 N–H and O–H groups in total. The van der Waals surface area contributed by atoms with Gasteiger partial charge in [0.25, 0.3) is 0 Å². The van der Waals surface area contributed by atoms with Crippen molar-refractivity contribution in [1.29, 1.82) is 0 Å². The van der Waals surface area contributed by atoms with E-state index in [1.54, 1.807) is 0 Å². The van der Waals surface area contributed by atoms with Crippen molar-refractivity contribution in [2.45, 2.75) is 51.0 Å². The lowest BCUT2D eigenvalue weighted by atomic mass is 9.86. The summed E-state index contributed by atoms with van der Waals surface area (Å²) in [6.45, 7) is 2.30. The van der Waals surface area contributed by atoms with Crippen molar-refractivity contribution in [2.24, 2.45) is 5.92 Å². The standard InChI is InChI=1S/C16H25N/c1-3-15(14-7-5-4-6-8-14)16(17-2)12-11-13-9-10-13/h4-8,13,15-17H,3,9-12H2,1-2H3. The monoisotopic (exact) mass is 231 g/mol. The van der Waals surface area contributed by atoms with E-state index in [9.17, 15) is 0 Å². The van der Waals surface area contributed by atoms with Crippen LogP contribution in [0.1, 0.15) is 50.5 Å². The molecule has 0 radical (unpaired) electrons. The average Bonchev–Trinajstić information content (AvgIpc) is 3.19. The van der Waals surface area contributed by atoms with E-state index in [0.29, 0.717) is 12.0 Å². The molecule has 17 heavy (non-hydrogen) atoms. The molecule has 0 aromatic heterocycles. The van der Waals surface area contributed by atoms with E-state index in [-0.39, 0.29) is 0 Å². The second-order valence-corrected chi connectivity index (χ2v) is 5.34. The zero-order valence-corrected chi connectivity index (χ0v) is 11.2. The first-order valence-corrected chi connectivity index (χ1v) is 7.07. The van der Waals surface area contributed by atoms with Gasteiger partial charge >= 0.3 is 0 Å². The topological polar surface area (TPSA) is 12.0 Å². The van der Waals surface area contributed by atoms with E-state index in [4.69, 9.17) is 0 Å². The Hall–Kier alpha value is -0.820. The highest BCUT2D eigenvalue weighted by Crippen LogP contribution is 2.36. The molecular weight excluding hydrogens is 206 g/mol. The average molecular weight is 231 g/mol. The van der Waals surface area contributed by atoms with Gasteiger partial charge < -0.3 is 5.32 Å². The molecule has 0 aliphatic heterocycles. The summed E-state index contributed by atoms with van der Waals surface area (Å²) >= 11 is 0. The van der Waals surface area contributed by atoms with Crippen molar-refractivity contribution >= 4 is 0 Å². The molecule has 1 aliphatic rings. The van der Waals surface area contributed by atoms with Crippen molar-refractivity contribution in [3.63, 3.8) is 0 Å². The van der Waals surface area contributed by atoms with Gasteiger partial charge in [-0.2, -0.15) is 0 Å². The predicted octanol–water partition coefficient (Wildman–Crippen LogP) is 3.96. The van der Waals surface area contributed by atoms with Gasteiger partial charge in [0.05, 0.1) is 0 Å². The minimum absolute atomic E-state index is 0.642. The van der Waals surface area contributed by atoms with Crippen molar-refractivity contribution < 1.29 is 0 Å². The second-order valence-electron chi connectivity index (χ2n) is 5.34. The Bertz CT molecular complexity index is 316. The fourth-order valence-corrected chi connectivity index (χ4v) is 2.82. The smallest absolute Gasteiger partial charge is 0.0133 e. The fourth-order valence-electron chi connectivity index (χ4n) is 2.82. The van der Waals surface area contributed by atoms with Crippen LogP contribution in [0.5, 0.6) is 0 Å². The molecule has 2 rings (SSSR count). The van der Waals surface area contributed by atoms with Gasteiger partial charge in [0.1, 0.15) is 0 Å². The van der Waals surface area contributed by atoms with Crippen LogP contribution in [0, 0.1) is 5.92 Å². The van der Waals surface area contributed by atoms with Crippen molar-refractivity contribution in [1.82, 2.24) is 5.32 Å². The van der Waals surface area contributed by atoms with Crippen molar-refractivity contribution in [3.05, 3.63) is 35.9 Å². The fraction of sp³-hybridized carbons (Fsp3) is 0.625. The van der Waals surface area contributed by atoms with Gasteiger partial charge in [0, 0.05) is 6.04 Å². The van der Waals surface area contributed by atoms with E-state index >= 15 is 0 Å². The van der Waals surface area contributed by atoms with E-state index < -0.39 is 0 Å². The maximum atomic E-state index is 3.53. The van der Waals surface area contributed by atoms with Gasteiger partial charge in [-0.25, -0.2) is 0 Å². The Morgan fingerprint density at radius 1 is 1.24 bits per heavy atom. The Labute approximate surface area is 106 Å². The van der Waals surface area contributed by atoms with Crippen LogP contribution in [0.2, 0.25) is 0 Å². The van der Waals surface area contributed by atoms with E-state index in [0.717, 1.165) is 5.92 Å². The summed E-state index contributed by atoms with van der Waals surface area (Å²) in [6, 6.07) is 11.6. The molecule has 1 fully saturated rings. The quantitative estimate of drug-likeness (QED) is 0.749. The summed E-state index contributed by atoms with van der Waals surface area (Å²) in [4.78, 5) is 0. The van der Waals surface area contributed by atoms with Crippen LogP contribution in [0.3, 0.4) is 0 Å². The van der Waals surface area contributed by atoms with Crippen LogP contribution in [0.4, 0.5) is 0 Å². The van der Waals surface area contributed by atoms with Gasteiger partial charge in [-0.1, -0.05) is 50.1 Å². The molecule has 0 bridgehead atoms. The van der Waals surface area contributed by atoms with Crippen LogP contribution in [-0.4, -0.2) is 13.1 Å². The molecule has 1 heteroatoms. The van der Waals surface area contributed by atoms with Gasteiger partial charge in [0.2, 0.25) is 0 Å². The number of rotatable bonds is 7. The lowest BCUT2D eigenvalue weighted by Crippen LogP contribution is -2.32.